The predicted molar refractivity (Wildman–Crippen MR) is 181 cm³/mol. The Labute approximate surface area is 277 Å². The van der Waals surface area contributed by atoms with E-state index in [0.717, 1.165) is 39.0 Å². The third-order valence-electron chi connectivity index (χ3n) is 7.62. The maximum Gasteiger partial charge on any atom is 0.322 e. The molecular weight excluding hydrogens is 681 g/mol. The molecule has 1 fully saturated rings. The fourth-order valence-electron chi connectivity index (χ4n) is 5.28. The number of halogens is 1. The van der Waals surface area contributed by atoms with Crippen LogP contribution in [-0.4, -0.2) is 47.4 Å². The maximum atomic E-state index is 12.9. The monoisotopic (exact) mass is 717 g/mol. The Balaban J connectivity index is 1.09. The molecule has 1 saturated heterocycles. The number of hydroxylamine groups is 2. The van der Waals surface area contributed by atoms with E-state index in [2.05, 4.69) is 27.9 Å². The zero-order valence-electron chi connectivity index (χ0n) is 25.2. The normalized spacial score (nSPS) is 13.4. The lowest BCUT2D eigenvalue weighted by molar-refractivity contribution is -0.194. The number of hydrogen-bond acceptors (Lipinski definition) is 6. The molecule has 2 amide bonds. The summed E-state index contributed by atoms with van der Waals surface area (Å²) in [5, 5.41) is 4.65. The van der Waals surface area contributed by atoms with Crippen LogP contribution < -0.4 is 10.1 Å². The minimum absolute atomic E-state index is 0.0549. The number of rotatable bonds is 11. The summed E-state index contributed by atoms with van der Waals surface area (Å²) < 4.78 is 6.87. The molecule has 1 N–H and O–H groups in total. The number of carbonyl (C=O) groups is 3. The van der Waals surface area contributed by atoms with E-state index in [1.807, 2.05) is 95.9 Å². The van der Waals surface area contributed by atoms with Gasteiger partial charge in [-0.15, -0.1) is 5.06 Å². The van der Waals surface area contributed by atoms with Gasteiger partial charge in [-0.1, -0.05) is 48.5 Å². The molecule has 0 saturated carbocycles. The highest BCUT2D eigenvalue weighted by Crippen LogP contribution is 2.23. The van der Waals surface area contributed by atoms with Crippen molar-refractivity contribution in [2.75, 3.05) is 19.6 Å². The fourth-order valence-corrected chi connectivity index (χ4v) is 5.82. The molecule has 0 radical (unpaired) electrons. The van der Waals surface area contributed by atoms with E-state index in [4.69, 9.17) is 9.57 Å². The Kier molecular flexibility index (Phi) is 11.2. The zero-order valence-corrected chi connectivity index (χ0v) is 27.3. The van der Waals surface area contributed by atoms with Crippen molar-refractivity contribution in [3.05, 3.63) is 129 Å². The number of hydrogen-bond donors (Lipinski definition) is 1. The lowest BCUT2D eigenvalue weighted by Crippen LogP contribution is -2.41. The summed E-state index contributed by atoms with van der Waals surface area (Å²) in [7, 11) is 0. The molecule has 8 nitrogen and oxygen atoms in total. The van der Waals surface area contributed by atoms with Gasteiger partial charge in [0.05, 0.1) is 6.54 Å². The van der Waals surface area contributed by atoms with E-state index in [0.29, 0.717) is 43.9 Å². The Morgan fingerprint density at radius 2 is 1.49 bits per heavy atom. The van der Waals surface area contributed by atoms with Gasteiger partial charge >= 0.3 is 5.97 Å². The number of piperidine rings is 1. The van der Waals surface area contributed by atoms with Crippen LogP contribution in [0.1, 0.15) is 51.6 Å². The Bertz CT molecular complexity index is 1590. The molecule has 0 aliphatic carbocycles. The van der Waals surface area contributed by atoms with Gasteiger partial charge in [-0.25, -0.2) is 0 Å². The first-order chi connectivity index (χ1) is 21.8. The van der Waals surface area contributed by atoms with Gasteiger partial charge < -0.3 is 19.8 Å². The molecular formula is C36H36IN3O5. The first-order valence-corrected chi connectivity index (χ1v) is 16.1. The molecule has 0 unspecified atom stereocenters. The molecule has 0 atom stereocenters. The topological polar surface area (TPSA) is 88.2 Å². The van der Waals surface area contributed by atoms with Crippen molar-refractivity contribution >= 4 is 40.4 Å². The molecule has 0 bridgehead atoms. The number of likely N-dealkylation sites (tertiary alicyclic amines) is 1. The Morgan fingerprint density at radius 3 is 2.16 bits per heavy atom. The van der Waals surface area contributed by atoms with Gasteiger partial charge in [0.25, 0.3) is 11.8 Å². The van der Waals surface area contributed by atoms with E-state index in [1.165, 1.54) is 6.92 Å². The molecule has 0 aromatic heterocycles. The highest BCUT2D eigenvalue weighted by Gasteiger charge is 2.26. The lowest BCUT2D eigenvalue weighted by atomic mass is 9.96. The van der Waals surface area contributed by atoms with E-state index in [-0.39, 0.29) is 23.7 Å². The summed E-state index contributed by atoms with van der Waals surface area (Å²) in [6.45, 7) is 4.09. The van der Waals surface area contributed by atoms with E-state index >= 15 is 0 Å². The third kappa shape index (κ3) is 9.63. The van der Waals surface area contributed by atoms with Gasteiger partial charge in [0.2, 0.25) is 0 Å². The number of nitrogens with one attached hydrogen (secondary N) is 1. The van der Waals surface area contributed by atoms with Gasteiger partial charge in [-0.3, -0.25) is 14.4 Å². The Hall–Kier alpha value is -4.22. The van der Waals surface area contributed by atoms with Crippen LogP contribution in [-0.2, 0) is 22.7 Å². The molecule has 4 aromatic carbocycles. The van der Waals surface area contributed by atoms with Crippen molar-refractivity contribution in [2.45, 2.75) is 32.9 Å². The van der Waals surface area contributed by atoms with Crippen molar-refractivity contribution in [3.8, 4) is 11.5 Å². The molecule has 0 spiro atoms. The predicted octanol–water partition coefficient (Wildman–Crippen LogP) is 6.85. The largest absolute Gasteiger partial charge is 0.457 e. The van der Waals surface area contributed by atoms with Gasteiger partial charge in [-0.05, 0) is 107 Å². The Morgan fingerprint density at radius 1 is 0.822 bits per heavy atom. The number of benzene rings is 4. The second-order valence-electron chi connectivity index (χ2n) is 11.1. The number of ether oxygens (including phenoxy) is 1. The van der Waals surface area contributed by atoms with Crippen LogP contribution in [0.4, 0.5) is 0 Å². The van der Waals surface area contributed by atoms with Crippen LogP contribution in [0.15, 0.2) is 103 Å². The average Bonchev–Trinajstić information content (AvgIpc) is 3.05. The first-order valence-electron chi connectivity index (χ1n) is 15.0. The average molecular weight is 718 g/mol. The van der Waals surface area contributed by atoms with Crippen molar-refractivity contribution < 1.29 is 24.0 Å². The molecule has 4 aromatic rings. The third-order valence-corrected chi connectivity index (χ3v) is 8.29. The number of carbonyl (C=O) groups excluding carboxylic acids is 3. The van der Waals surface area contributed by atoms with E-state index < -0.39 is 0 Å². The van der Waals surface area contributed by atoms with Crippen LogP contribution in [0, 0.1) is 9.49 Å². The molecule has 5 rings (SSSR count). The SMILES string of the molecule is CC(=O)ON(Cc1ccc(C(=O)NCc2ccc(Oc3ccccc3)cc2)cc1)CC1CCN(C(=O)c2cccc(I)c2)CC1. The fraction of sp³-hybridized carbons (Fsp3) is 0.250. The summed E-state index contributed by atoms with van der Waals surface area (Å²) in [5.74, 6) is 1.29. The first kappa shape index (κ1) is 32.2. The van der Waals surface area contributed by atoms with Gasteiger partial charge in [0.15, 0.2) is 0 Å². The lowest BCUT2D eigenvalue weighted by Gasteiger charge is -2.34. The van der Waals surface area contributed by atoms with Gasteiger partial charge in [0, 0.05) is 47.8 Å². The number of amides is 2. The summed E-state index contributed by atoms with van der Waals surface area (Å²) >= 11 is 2.22. The van der Waals surface area contributed by atoms with Gasteiger partial charge in [-0.2, -0.15) is 0 Å². The molecule has 1 aliphatic heterocycles. The van der Waals surface area contributed by atoms with Gasteiger partial charge in [0.1, 0.15) is 11.5 Å². The number of para-hydroxylation sites is 1. The highest BCUT2D eigenvalue weighted by molar-refractivity contribution is 14.1. The van der Waals surface area contributed by atoms with Crippen LogP contribution in [0.2, 0.25) is 0 Å². The van der Waals surface area contributed by atoms with Crippen molar-refractivity contribution in [2.24, 2.45) is 5.92 Å². The molecule has 232 valence electrons. The zero-order chi connectivity index (χ0) is 31.6. The molecule has 45 heavy (non-hydrogen) atoms. The molecule has 1 heterocycles. The summed E-state index contributed by atoms with van der Waals surface area (Å²) in [5.41, 5.74) is 3.14. The minimum Gasteiger partial charge on any atom is -0.457 e. The van der Waals surface area contributed by atoms with Crippen molar-refractivity contribution in [1.29, 1.82) is 0 Å². The van der Waals surface area contributed by atoms with Crippen LogP contribution in [0.5, 0.6) is 11.5 Å². The van der Waals surface area contributed by atoms with Crippen LogP contribution >= 0.6 is 22.6 Å². The summed E-state index contributed by atoms with van der Waals surface area (Å²) in [6, 6.07) is 32.2. The van der Waals surface area contributed by atoms with E-state index in [9.17, 15) is 14.4 Å². The summed E-state index contributed by atoms with van der Waals surface area (Å²) in [6.07, 6.45) is 1.66. The van der Waals surface area contributed by atoms with Crippen molar-refractivity contribution in [3.63, 3.8) is 0 Å². The summed E-state index contributed by atoms with van der Waals surface area (Å²) in [4.78, 5) is 45.1. The van der Waals surface area contributed by atoms with Crippen molar-refractivity contribution in [1.82, 2.24) is 15.3 Å². The smallest absolute Gasteiger partial charge is 0.322 e. The molecule has 1 aliphatic rings. The standard InChI is InChI=1S/C36H36IN3O5/c1-26(41)45-40(25-29-18-20-39(21-19-29)36(43)31-6-5-7-32(37)22-31)24-28-10-14-30(15-11-28)35(42)38-23-27-12-16-34(17-13-27)44-33-8-3-2-4-9-33/h2-17,22,29H,18-21,23-25H2,1H3,(H,38,42). The van der Waals surface area contributed by atoms with Crippen LogP contribution in [0.25, 0.3) is 0 Å². The van der Waals surface area contributed by atoms with E-state index in [1.54, 1.807) is 17.2 Å². The number of nitrogens with zero attached hydrogens (tertiary/aromatic N) is 2. The maximum absolute atomic E-state index is 12.9. The quantitative estimate of drug-likeness (QED) is 0.135. The second kappa shape index (κ2) is 15.7. The highest BCUT2D eigenvalue weighted by atomic mass is 127. The minimum atomic E-state index is -0.378. The second-order valence-corrected chi connectivity index (χ2v) is 12.3. The molecule has 9 heteroatoms. The van der Waals surface area contributed by atoms with Crippen LogP contribution in [0.3, 0.4) is 0 Å².